The number of rotatable bonds is 5. The number of fused-ring (bicyclic) bond motifs is 1. The molecule has 0 aliphatic heterocycles. The van der Waals surface area contributed by atoms with E-state index in [1.54, 1.807) is 24.8 Å². The van der Waals surface area contributed by atoms with E-state index in [-0.39, 0.29) is 12.1 Å². The van der Waals surface area contributed by atoms with Gasteiger partial charge in [0.2, 0.25) is 0 Å². The van der Waals surface area contributed by atoms with Crippen LogP contribution in [0.3, 0.4) is 0 Å². The summed E-state index contributed by atoms with van der Waals surface area (Å²) in [5.74, 6) is -0.421. The SMILES string of the molecule is CCN(Cc1nc2ccsc2c(=O)[nH]1)C(C)(C)C(=O)O. The predicted molar refractivity (Wildman–Crippen MR) is 78.0 cm³/mol. The summed E-state index contributed by atoms with van der Waals surface area (Å²) in [6.07, 6.45) is 0. The second-order valence-corrected chi connectivity index (χ2v) is 5.94. The van der Waals surface area contributed by atoms with Crippen LogP contribution in [-0.2, 0) is 11.3 Å². The standard InChI is InChI=1S/C13H17N3O3S/c1-4-16(13(2,3)12(18)19)7-9-14-8-5-6-20-10(8)11(17)15-9/h5-6H,4,7H2,1-3H3,(H,18,19)(H,14,15,17). The van der Waals surface area contributed by atoms with Crippen molar-refractivity contribution in [3.63, 3.8) is 0 Å². The van der Waals surface area contributed by atoms with Gasteiger partial charge >= 0.3 is 5.97 Å². The number of likely N-dealkylation sites (N-methyl/N-ethyl adjacent to an activating group) is 1. The maximum Gasteiger partial charge on any atom is 0.323 e. The van der Waals surface area contributed by atoms with E-state index in [0.717, 1.165) is 0 Å². The highest BCUT2D eigenvalue weighted by Crippen LogP contribution is 2.18. The van der Waals surface area contributed by atoms with E-state index in [9.17, 15) is 14.7 Å². The van der Waals surface area contributed by atoms with Crippen LogP contribution in [0, 0.1) is 0 Å². The van der Waals surface area contributed by atoms with Gasteiger partial charge in [0.1, 0.15) is 16.1 Å². The summed E-state index contributed by atoms with van der Waals surface area (Å²) in [7, 11) is 0. The molecule has 2 aromatic heterocycles. The fourth-order valence-electron chi connectivity index (χ4n) is 2.02. The highest BCUT2D eigenvalue weighted by atomic mass is 32.1. The van der Waals surface area contributed by atoms with Crippen LogP contribution < -0.4 is 5.56 Å². The Balaban J connectivity index is 2.35. The van der Waals surface area contributed by atoms with Gasteiger partial charge < -0.3 is 10.1 Å². The average molecular weight is 295 g/mol. The molecule has 0 atom stereocenters. The Morgan fingerprint density at radius 3 is 2.85 bits per heavy atom. The van der Waals surface area contributed by atoms with E-state index < -0.39 is 11.5 Å². The van der Waals surface area contributed by atoms with Crippen molar-refractivity contribution in [2.45, 2.75) is 32.9 Å². The topological polar surface area (TPSA) is 86.3 Å². The number of hydrogen-bond donors (Lipinski definition) is 2. The molecule has 0 saturated carbocycles. The molecule has 6 nitrogen and oxygen atoms in total. The van der Waals surface area contributed by atoms with Crippen molar-refractivity contribution in [3.8, 4) is 0 Å². The molecule has 0 spiro atoms. The number of carboxylic acid groups (broad SMARTS) is 1. The minimum absolute atomic E-state index is 0.177. The van der Waals surface area contributed by atoms with Gasteiger partial charge in [0, 0.05) is 0 Å². The number of H-pyrrole nitrogens is 1. The van der Waals surface area contributed by atoms with Crippen molar-refractivity contribution in [1.29, 1.82) is 0 Å². The molecule has 0 saturated heterocycles. The molecule has 0 aromatic carbocycles. The zero-order valence-corrected chi connectivity index (χ0v) is 12.5. The van der Waals surface area contributed by atoms with Crippen molar-refractivity contribution in [2.24, 2.45) is 0 Å². The van der Waals surface area contributed by atoms with E-state index in [4.69, 9.17) is 0 Å². The van der Waals surface area contributed by atoms with Crippen molar-refractivity contribution >= 4 is 27.5 Å². The van der Waals surface area contributed by atoms with E-state index in [1.165, 1.54) is 11.3 Å². The quantitative estimate of drug-likeness (QED) is 0.876. The van der Waals surface area contributed by atoms with Crippen LogP contribution in [0.4, 0.5) is 0 Å². The Hall–Kier alpha value is -1.73. The van der Waals surface area contributed by atoms with Gasteiger partial charge in [0.15, 0.2) is 0 Å². The first-order valence-electron chi connectivity index (χ1n) is 6.31. The Bertz CT molecular complexity index is 689. The van der Waals surface area contributed by atoms with Crippen LogP contribution in [0.25, 0.3) is 10.2 Å². The molecule has 0 aliphatic rings. The second kappa shape index (κ2) is 5.34. The molecule has 2 N–H and O–H groups in total. The molecule has 0 fully saturated rings. The minimum Gasteiger partial charge on any atom is -0.480 e. The number of aliphatic carboxylic acids is 1. The number of carbonyl (C=O) groups is 1. The highest BCUT2D eigenvalue weighted by molar-refractivity contribution is 7.17. The first kappa shape index (κ1) is 14.7. The van der Waals surface area contributed by atoms with Crippen molar-refractivity contribution in [2.75, 3.05) is 6.54 Å². The summed E-state index contributed by atoms with van der Waals surface area (Å²) in [5.41, 5.74) is -0.543. The number of aromatic amines is 1. The molecule has 108 valence electrons. The Morgan fingerprint density at radius 1 is 1.55 bits per heavy atom. The van der Waals surface area contributed by atoms with Crippen LogP contribution in [0.5, 0.6) is 0 Å². The lowest BCUT2D eigenvalue weighted by Gasteiger charge is -2.33. The van der Waals surface area contributed by atoms with Gasteiger partial charge in [-0.1, -0.05) is 6.92 Å². The first-order chi connectivity index (χ1) is 9.36. The second-order valence-electron chi connectivity index (χ2n) is 5.03. The molecule has 2 aromatic rings. The summed E-state index contributed by atoms with van der Waals surface area (Å²) in [6.45, 7) is 5.99. The molecule has 0 amide bonds. The monoisotopic (exact) mass is 295 g/mol. The third-order valence-electron chi connectivity index (χ3n) is 3.40. The Morgan fingerprint density at radius 2 is 2.25 bits per heavy atom. The van der Waals surface area contributed by atoms with Gasteiger partial charge in [-0.05, 0) is 31.8 Å². The first-order valence-corrected chi connectivity index (χ1v) is 7.19. The molecule has 2 heterocycles. The van der Waals surface area contributed by atoms with Crippen LogP contribution >= 0.6 is 11.3 Å². The third-order valence-corrected chi connectivity index (χ3v) is 4.30. The van der Waals surface area contributed by atoms with Crippen molar-refractivity contribution in [1.82, 2.24) is 14.9 Å². The molecule has 20 heavy (non-hydrogen) atoms. The molecule has 0 radical (unpaired) electrons. The van der Waals surface area contributed by atoms with Crippen LogP contribution in [0.1, 0.15) is 26.6 Å². The maximum absolute atomic E-state index is 11.9. The van der Waals surface area contributed by atoms with Gasteiger partial charge in [-0.15, -0.1) is 11.3 Å². The summed E-state index contributed by atoms with van der Waals surface area (Å²) >= 11 is 1.34. The van der Waals surface area contributed by atoms with Gasteiger partial charge in [-0.25, -0.2) is 4.98 Å². The zero-order valence-electron chi connectivity index (χ0n) is 11.6. The van der Waals surface area contributed by atoms with Crippen molar-refractivity contribution in [3.05, 3.63) is 27.6 Å². The summed E-state index contributed by atoms with van der Waals surface area (Å²) in [4.78, 5) is 32.1. The smallest absolute Gasteiger partial charge is 0.323 e. The van der Waals surface area contributed by atoms with Crippen LogP contribution in [0.15, 0.2) is 16.2 Å². The summed E-state index contributed by atoms with van der Waals surface area (Å²) in [6, 6.07) is 1.79. The number of thiophene rings is 1. The van der Waals surface area contributed by atoms with Crippen molar-refractivity contribution < 1.29 is 9.90 Å². The largest absolute Gasteiger partial charge is 0.480 e. The van der Waals surface area contributed by atoms with Crippen LogP contribution in [-0.4, -0.2) is 38.0 Å². The molecule has 0 unspecified atom stereocenters. The zero-order chi connectivity index (χ0) is 14.9. The number of hydrogen-bond acceptors (Lipinski definition) is 5. The number of nitrogens with one attached hydrogen (secondary N) is 1. The molecular weight excluding hydrogens is 278 g/mol. The lowest BCUT2D eigenvalue weighted by Crippen LogP contribution is -2.49. The highest BCUT2D eigenvalue weighted by Gasteiger charge is 2.34. The fourth-order valence-corrected chi connectivity index (χ4v) is 2.74. The maximum atomic E-state index is 11.9. The fraction of sp³-hybridized carbons (Fsp3) is 0.462. The average Bonchev–Trinajstić information content (AvgIpc) is 2.84. The van der Waals surface area contributed by atoms with Crippen LogP contribution in [0.2, 0.25) is 0 Å². The molecule has 7 heteroatoms. The van der Waals surface area contributed by atoms with E-state index >= 15 is 0 Å². The number of nitrogens with zero attached hydrogens (tertiary/aromatic N) is 2. The third kappa shape index (κ3) is 2.59. The Labute approximate surface area is 120 Å². The minimum atomic E-state index is -1.02. The lowest BCUT2D eigenvalue weighted by atomic mass is 10.0. The molecular formula is C13H17N3O3S. The van der Waals surface area contributed by atoms with E-state index in [0.29, 0.717) is 22.6 Å². The van der Waals surface area contributed by atoms with E-state index in [2.05, 4.69) is 9.97 Å². The van der Waals surface area contributed by atoms with Gasteiger partial charge in [0.05, 0.1) is 12.1 Å². The Kier molecular flexibility index (Phi) is 3.92. The predicted octanol–water partition coefficient (Wildman–Crippen LogP) is 1.67. The van der Waals surface area contributed by atoms with Gasteiger partial charge in [-0.2, -0.15) is 0 Å². The van der Waals surface area contributed by atoms with Gasteiger partial charge in [0.25, 0.3) is 5.56 Å². The number of aromatic nitrogens is 2. The lowest BCUT2D eigenvalue weighted by molar-refractivity contribution is -0.149. The van der Waals surface area contributed by atoms with E-state index in [1.807, 2.05) is 12.3 Å². The summed E-state index contributed by atoms with van der Waals surface area (Å²) < 4.78 is 0.592. The normalized spacial score (nSPS) is 12.2. The molecule has 0 aliphatic carbocycles. The molecule has 2 rings (SSSR count). The van der Waals surface area contributed by atoms with Gasteiger partial charge in [-0.3, -0.25) is 14.5 Å². The summed E-state index contributed by atoms with van der Waals surface area (Å²) in [5, 5.41) is 11.1. The molecule has 0 bridgehead atoms. The number of carboxylic acids is 1.